The predicted octanol–water partition coefficient (Wildman–Crippen LogP) is 3.88. The number of benzene rings is 2. The van der Waals surface area contributed by atoms with Gasteiger partial charge in [-0.1, -0.05) is 18.2 Å². The van der Waals surface area contributed by atoms with E-state index in [0.29, 0.717) is 17.7 Å². The molecule has 150 valence electrons. The fourth-order valence-corrected chi connectivity index (χ4v) is 4.31. The van der Waals surface area contributed by atoms with E-state index in [1.54, 1.807) is 49.1 Å². The van der Waals surface area contributed by atoms with Crippen LogP contribution in [0.2, 0.25) is 0 Å². The van der Waals surface area contributed by atoms with Crippen molar-refractivity contribution in [2.24, 2.45) is 11.5 Å². The first-order valence-corrected chi connectivity index (χ1v) is 9.83. The molecule has 0 saturated heterocycles. The van der Waals surface area contributed by atoms with E-state index in [0.717, 1.165) is 15.9 Å². The van der Waals surface area contributed by atoms with Gasteiger partial charge < -0.3 is 21.2 Å². The van der Waals surface area contributed by atoms with Crippen LogP contribution in [0.1, 0.15) is 16.0 Å². The van der Waals surface area contributed by atoms with Crippen LogP contribution in [-0.4, -0.2) is 23.6 Å². The Morgan fingerprint density at radius 2 is 2.00 bits per heavy atom. The number of aromatic amines is 1. The van der Waals surface area contributed by atoms with Gasteiger partial charge in [-0.05, 0) is 34.7 Å². The van der Waals surface area contributed by atoms with Gasteiger partial charge in [0, 0.05) is 29.7 Å². The molecule has 0 aliphatic carbocycles. The van der Waals surface area contributed by atoms with Crippen molar-refractivity contribution in [3.8, 4) is 11.1 Å². The Morgan fingerprint density at radius 1 is 1.17 bits per heavy atom. The standard InChI is InChI=1S/C21H20F2N4OS/c1-28-8-14-6-12(9-29-14)15-3-4-16(20(23)19(15)22)21(25,10-24)13-2-5-17-18(7-13)27-11-26-17/h2-7,9,11H,8,10,24-25H2,1H3,(H,26,27). The number of rotatable bonds is 6. The summed E-state index contributed by atoms with van der Waals surface area (Å²) in [5.74, 6) is -1.95. The molecule has 0 aliphatic heterocycles. The lowest BCUT2D eigenvalue weighted by Crippen LogP contribution is -2.46. The van der Waals surface area contributed by atoms with Crippen LogP contribution < -0.4 is 11.5 Å². The number of hydrogen-bond donors (Lipinski definition) is 3. The summed E-state index contributed by atoms with van der Waals surface area (Å²) in [5.41, 5.74) is 13.9. The van der Waals surface area contributed by atoms with Gasteiger partial charge in [0.1, 0.15) is 0 Å². The number of methoxy groups -OCH3 is 1. The fraction of sp³-hybridized carbons (Fsp3) is 0.190. The van der Waals surface area contributed by atoms with Crippen LogP contribution in [0.3, 0.4) is 0 Å². The van der Waals surface area contributed by atoms with Gasteiger partial charge in [0.25, 0.3) is 0 Å². The first kappa shape index (κ1) is 19.7. The topological polar surface area (TPSA) is 89.9 Å². The second-order valence-corrected chi connectivity index (χ2v) is 7.83. The number of ether oxygens (including phenoxy) is 1. The molecule has 0 fully saturated rings. The van der Waals surface area contributed by atoms with E-state index in [1.165, 1.54) is 17.4 Å². The molecule has 0 saturated carbocycles. The summed E-state index contributed by atoms with van der Waals surface area (Å²) in [6.07, 6.45) is 1.56. The van der Waals surface area contributed by atoms with E-state index < -0.39 is 17.2 Å². The van der Waals surface area contributed by atoms with Crippen LogP contribution in [0.5, 0.6) is 0 Å². The van der Waals surface area contributed by atoms with Crippen molar-refractivity contribution in [3.05, 3.63) is 75.7 Å². The SMILES string of the molecule is COCc1cc(-c2ccc(C(N)(CN)c3ccc4nc[nH]c4c3)c(F)c2F)cs1. The number of aromatic nitrogens is 2. The lowest BCUT2D eigenvalue weighted by molar-refractivity contribution is 0.187. The molecule has 4 aromatic rings. The molecule has 2 aromatic carbocycles. The number of H-pyrrole nitrogens is 1. The molecule has 0 amide bonds. The average Bonchev–Trinajstić information content (AvgIpc) is 3.38. The number of imidazole rings is 1. The molecule has 1 atom stereocenters. The summed E-state index contributed by atoms with van der Waals surface area (Å²) >= 11 is 1.43. The van der Waals surface area contributed by atoms with Crippen molar-refractivity contribution >= 4 is 22.4 Å². The van der Waals surface area contributed by atoms with Gasteiger partial charge in [0.05, 0.1) is 29.5 Å². The van der Waals surface area contributed by atoms with Crippen molar-refractivity contribution in [2.75, 3.05) is 13.7 Å². The maximum Gasteiger partial charge on any atom is 0.167 e. The Morgan fingerprint density at radius 3 is 2.76 bits per heavy atom. The van der Waals surface area contributed by atoms with E-state index in [1.807, 2.05) is 0 Å². The van der Waals surface area contributed by atoms with Crippen molar-refractivity contribution in [3.63, 3.8) is 0 Å². The van der Waals surface area contributed by atoms with Gasteiger partial charge in [0.2, 0.25) is 0 Å². The number of halogens is 2. The van der Waals surface area contributed by atoms with E-state index >= 15 is 8.78 Å². The van der Waals surface area contributed by atoms with E-state index in [4.69, 9.17) is 16.2 Å². The van der Waals surface area contributed by atoms with Crippen molar-refractivity contribution < 1.29 is 13.5 Å². The zero-order chi connectivity index (χ0) is 20.6. The number of nitrogens with one attached hydrogen (secondary N) is 1. The molecule has 2 heterocycles. The highest BCUT2D eigenvalue weighted by atomic mass is 32.1. The van der Waals surface area contributed by atoms with Gasteiger partial charge in [-0.2, -0.15) is 0 Å². The molecule has 0 bridgehead atoms. The Balaban J connectivity index is 1.79. The molecule has 5 nitrogen and oxygen atoms in total. The lowest BCUT2D eigenvalue weighted by Gasteiger charge is -2.30. The normalized spacial score (nSPS) is 13.7. The zero-order valence-electron chi connectivity index (χ0n) is 15.7. The van der Waals surface area contributed by atoms with Gasteiger partial charge in [-0.3, -0.25) is 0 Å². The number of hydrogen-bond acceptors (Lipinski definition) is 5. The Hall–Kier alpha value is -2.65. The fourth-order valence-electron chi connectivity index (χ4n) is 3.45. The number of thiophene rings is 1. The Kier molecular flexibility index (Phi) is 5.18. The molecule has 4 rings (SSSR count). The van der Waals surface area contributed by atoms with Crippen LogP contribution in [0.25, 0.3) is 22.2 Å². The van der Waals surface area contributed by atoms with Crippen LogP contribution in [0.4, 0.5) is 8.78 Å². The second kappa shape index (κ2) is 7.64. The summed E-state index contributed by atoms with van der Waals surface area (Å²) in [6.45, 7) is 0.320. The van der Waals surface area contributed by atoms with Crippen molar-refractivity contribution in [1.82, 2.24) is 9.97 Å². The van der Waals surface area contributed by atoms with Gasteiger partial charge in [-0.15, -0.1) is 11.3 Å². The third kappa shape index (κ3) is 3.34. The first-order valence-electron chi connectivity index (χ1n) is 8.95. The third-order valence-electron chi connectivity index (χ3n) is 5.07. The zero-order valence-corrected chi connectivity index (χ0v) is 16.5. The van der Waals surface area contributed by atoms with Crippen LogP contribution >= 0.6 is 11.3 Å². The highest BCUT2D eigenvalue weighted by molar-refractivity contribution is 7.10. The molecule has 29 heavy (non-hydrogen) atoms. The molecule has 1 unspecified atom stereocenters. The van der Waals surface area contributed by atoms with Gasteiger partial charge in [0.15, 0.2) is 11.6 Å². The maximum absolute atomic E-state index is 15.2. The number of nitrogens with two attached hydrogens (primary N) is 2. The second-order valence-electron chi connectivity index (χ2n) is 6.83. The average molecular weight is 414 g/mol. The summed E-state index contributed by atoms with van der Waals surface area (Å²) in [4.78, 5) is 8.08. The molecule has 5 N–H and O–H groups in total. The summed E-state index contributed by atoms with van der Waals surface area (Å²) in [6, 6.07) is 10.1. The van der Waals surface area contributed by atoms with Crippen LogP contribution in [0, 0.1) is 11.6 Å². The highest BCUT2D eigenvalue weighted by Crippen LogP contribution is 2.35. The predicted molar refractivity (Wildman–Crippen MR) is 110 cm³/mol. The van der Waals surface area contributed by atoms with Gasteiger partial charge in [-0.25, -0.2) is 13.8 Å². The smallest absolute Gasteiger partial charge is 0.167 e. The maximum atomic E-state index is 15.2. The molecular formula is C21H20F2N4OS. The van der Waals surface area contributed by atoms with Crippen molar-refractivity contribution in [1.29, 1.82) is 0 Å². The highest BCUT2D eigenvalue weighted by Gasteiger charge is 2.33. The monoisotopic (exact) mass is 414 g/mol. The largest absolute Gasteiger partial charge is 0.379 e. The Bertz CT molecular complexity index is 1170. The quantitative estimate of drug-likeness (QED) is 0.447. The summed E-state index contributed by atoms with van der Waals surface area (Å²) in [7, 11) is 1.59. The molecule has 2 aromatic heterocycles. The first-order chi connectivity index (χ1) is 14.0. The van der Waals surface area contributed by atoms with Crippen molar-refractivity contribution in [2.45, 2.75) is 12.1 Å². The molecule has 8 heteroatoms. The van der Waals surface area contributed by atoms with E-state index in [2.05, 4.69) is 9.97 Å². The number of fused-ring (bicyclic) bond motifs is 1. The lowest BCUT2D eigenvalue weighted by atomic mass is 9.82. The third-order valence-corrected chi connectivity index (χ3v) is 5.98. The summed E-state index contributed by atoms with van der Waals surface area (Å²) in [5, 5.41) is 1.77. The number of nitrogens with zero attached hydrogens (tertiary/aromatic N) is 1. The summed E-state index contributed by atoms with van der Waals surface area (Å²) < 4.78 is 35.3. The van der Waals surface area contributed by atoms with E-state index in [9.17, 15) is 0 Å². The van der Waals surface area contributed by atoms with Crippen LogP contribution in [0.15, 0.2) is 48.1 Å². The molecule has 0 aliphatic rings. The van der Waals surface area contributed by atoms with E-state index in [-0.39, 0.29) is 17.7 Å². The van der Waals surface area contributed by atoms with Gasteiger partial charge >= 0.3 is 0 Å². The molecule has 0 spiro atoms. The Labute approximate surface area is 170 Å². The minimum absolute atomic E-state index is 0.00691. The minimum atomic E-state index is -1.39. The van der Waals surface area contributed by atoms with Crippen LogP contribution in [-0.2, 0) is 16.9 Å². The molecular weight excluding hydrogens is 394 g/mol. The minimum Gasteiger partial charge on any atom is -0.379 e. The molecule has 0 radical (unpaired) electrons.